The predicted molar refractivity (Wildman–Crippen MR) is 114 cm³/mol. The van der Waals surface area contributed by atoms with E-state index in [2.05, 4.69) is 15.5 Å². The summed E-state index contributed by atoms with van der Waals surface area (Å²) in [6.07, 6.45) is 0.380. The maximum atomic E-state index is 12.8. The van der Waals surface area contributed by atoms with Gasteiger partial charge in [0, 0.05) is 11.4 Å². The van der Waals surface area contributed by atoms with Crippen LogP contribution < -0.4 is 16.5 Å². The number of carbonyl (C=O) groups excluding carboxylic acids is 1. The molecule has 0 spiro atoms. The molecule has 14 nitrogen and oxygen atoms in total. The maximum Gasteiger partial charge on any atom is 0.478 e. The van der Waals surface area contributed by atoms with Crippen molar-refractivity contribution in [3.05, 3.63) is 39.3 Å². The Morgan fingerprint density at radius 1 is 1.45 bits per heavy atom. The second-order valence-corrected chi connectivity index (χ2v) is 7.94. The Balaban J connectivity index is 1.72. The summed E-state index contributed by atoms with van der Waals surface area (Å²) in [4.78, 5) is 44.3. The Bertz CT molecular complexity index is 1120. The first-order valence-corrected chi connectivity index (χ1v) is 10.4. The minimum Gasteiger partial charge on any atom is -0.503 e. The summed E-state index contributed by atoms with van der Waals surface area (Å²) in [5.74, 6) is -3.36. The van der Waals surface area contributed by atoms with Gasteiger partial charge in [0.25, 0.3) is 5.91 Å². The quantitative estimate of drug-likeness (QED) is 0.115. The monoisotopic (exact) mass is 481 g/mol. The average molecular weight is 481 g/mol. The molecule has 0 aliphatic carbocycles. The highest BCUT2D eigenvalue weighted by molar-refractivity contribution is 7.13. The van der Waals surface area contributed by atoms with Crippen LogP contribution in [0.2, 0.25) is 0 Å². The molecule has 2 aromatic rings. The van der Waals surface area contributed by atoms with Gasteiger partial charge in [-0.1, -0.05) is 5.16 Å². The molecule has 16 heteroatoms. The molecule has 3 rings (SSSR count). The summed E-state index contributed by atoms with van der Waals surface area (Å²) >= 11 is 1.05. The topological polar surface area (TPSA) is 219 Å². The van der Waals surface area contributed by atoms with E-state index in [0.29, 0.717) is 11.2 Å². The zero-order chi connectivity index (χ0) is 24.1. The second kappa shape index (κ2) is 10.3. The lowest BCUT2D eigenvalue weighted by Crippen LogP contribution is -2.54. The number of pyridine rings is 1. The van der Waals surface area contributed by atoms with Crippen molar-refractivity contribution in [3.8, 4) is 5.75 Å². The molecule has 3 heterocycles. The van der Waals surface area contributed by atoms with Gasteiger partial charge in [-0.2, -0.15) is 4.73 Å². The number of amides is 1. The summed E-state index contributed by atoms with van der Waals surface area (Å²) < 4.78 is 5.72. The number of anilines is 1. The molecule has 176 valence electrons. The van der Waals surface area contributed by atoms with Crippen molar-refractivity contribution in [2.75, 3.05) is 5.73 Å². The smallest absolute Gasteiger partial charge is 0.478 e. The SMILES string of the molecule is Nc1nc(/C(=N/OCc2cc(=O)c(O)cn2O)C(=O)N[C@H]2CC[C@@H](CC(=O)O)OB2O)cs1. The molecular formula is C17H20BN5O9S. The number of hydrogen-bond donors (Lipinski definition) is 6. The molecule has 0 saturated carbocycles. The average Bonchev–Trinajstić information content (AvgIpc) is 3.16. The minimum absolute atomic E-state index is 0.0559. The van der Waals surface area contributed by atoms with Crippen LogP contribution in [0.1, 0.15) is 30.7 Å². The van der Waals surface area contributed by atoms with Crippen molar-refractivity contribution in [2.45, 2.75) is 37.9 Å². The van der Waals surface area contributed by atoms with Crippen molar-refractivity contribution in [3.63, 3.8) is 0 Å². The van der Waals surface area contributed by atoms with Crippen LogP contribution in [0, 0.1) is 0 Å². The number of thiazole rings is 1. The Kier molecular flexibility index (Phi) is 7.52. The molecule has 0 unspecified atom stereocenters. The Morgan fingerprint density at radius 2 is 2.21 bits per heavy atom. The van der Waals surface area contributed by atoms with E-state index in [1.54, 1.807) is 0 Å². The van der Waals surface area contributed by atoms with Gasteiger partial charge in [-0.15, -0.1) is 11.3 Å². The van der Waals surface area contributed by atoms with Crippen LogP contribution in [0.5, 0.6) is 5.75 Å². The number of aliphatic carboxylic acids is 1. The number of carboxylic acids is 1. The van der Waals surface area contributed by atoms with Crippen molar-refractivity contribution >= 4 is 41.2 Å². The lowest BCUT2D eigenvalue weighted by Gasteiger charge is -2.30. The third-order valence-electron chi connectivity index (χ3n) is 4.63. The minimum atomic E-state index is -1.43. The van der Waals surface area contributed by atoms with E-state index >= 15 is 0 Å². The molecule has 2 aromatic heterocycles. The number of hydrogen-bond acceptors (Lipinski definition) is 12. The molecule has 0 bridgehead atoms. The third-order valence-corrected chi connectivity index (χ3v) is 5.31. The van der Waals surface area contributed by atoms with Gasteiger partial charge in [-0.05, 0) is 12.8 Å². The number of aromatic nitrogens is 2. The highest BCUT2D eigenvalue weighted by atomic mass is 32.1. The van der Waals surface area contributed by atoms with Crippen LogP contribution in [0.4, 0.5) is 5.13 Å². The summed E-state index contributed by atoms with van der Waals surface area (Å²) in [7, 11) is -1.43. The standard InChI is InChI=1S/C17H20BN5O9S/c19-17-20-10(7-33-17)15(22-31-6-8-3-11(24)12(25)5-23(8)30)16(28)21-13-2-1-9(4-14(26)27)32-18(13)29/h3,5,7,9,13,25,29-30H,1-2,4,6H2,(H2,19,20)(H,21,28)(H,26,27)/b22-15-/t9-,13-/m0/s1. The van der Waals surface area contributed by atoms with E-state index in [-0.39, 0.29) is 35.1 Å². The Labute approximate surface area is 190 Å². The van der Waals surface area contributed by atoms with Gasteiger partial charge in [0.05, 0.1) is 24.7 Å². The van der Waals surface area contributed by atoms with Gasteiger partial charge < -0.3 is 41.0 Å². The largest absolute Gasteiger partial charge is 0.503 e. The Morgan fingerprint density at radius 3 is 2.85 bits per heavy atom. The molecular weight excluding hydrogens is 461 g/mol. The van der Waals surface area contributed by atoms with Crippen molar-refractivity contribution in [2.24, 2.45) is 5.16 Å². The van der Waals surface area contributed by atoms with E-state index in [1.807, 2.05) is 0 Å². The number of rotatable bonds is 8. The number of nitrogens with two attached hydrogens (primary N) is 1. The number of nitrogens with one attached hydrogen (secondary N) is 1. The molecule has 0 radical (unpaired) electrons. The van der Waals surface area contributed by atoms with E-state index in [1.165, 1.54) is 5.38 Å². The van der Waals surface area contributed by atoms with Gasteiger partial charge in [-0.25, -0.2) is 4.98 Å². The summed E-state index contributed by atoms with van der Waals surface area (Å²) in [5, 5.41) is 45.9. The van der Waals surface area contributed by atoms with Crippen molar-refractivity contribution in [1.82, 2.24) is 15.0 Å². The summed E-state index contributed by atoms with van der Waals surface area (Å²) in [5.41, 5.74) is 4.60. The van der Waals surface area contributed by atoms with Crippen LogP contribution in [0.15, 0.2) is 27.6 Å². The van der Waals surface area contributed by atoms with Gasteiger partial charge in [0.2, 0.25) is 5.43 Å². The van der Waals surface area contributed by atoms with Crippen molar-refractivity contribution < 1.29 is 39.5 Å². The number of nitrogen functional groups attached to an aromatic ring is 1. The van der Waals surface area contributed by atoms with Crippen molar-refractivity contribution in [1.29, 1.82) is 0 Å². The number of aromatic hydroxyl groups is 1. The van der Waals surface area contributed by atoms with Crippen LogP contribution in [-0.4, -0.2) is 66.9 Å². The lowest BCUT2D eigenvalue weighted by atomic mass is 9.72. The van der Waals surface area contributed by atoms with E-state index in [9.17, 15) is 29.7 Å². The molecule has 7 N–H and O–H groups in total. The van der Waals surface area contributed by atoms with Crippen LogP contribution in [0.25, 0.3) is 0 Å². The maximum absolute atomic E-state index is 12.8. The van der Waals surface area contributed by atoms with Crippen LogP contribution >= 0.6 is 11.3 Å². The fraction of sp³-hybridized carbons (Fsp3) is 0.353. The summed E-state index contributed by atoms with van der Waals surface area (Å²) in [6, 6.07) is 0.925. The third kappa shape index (κ3) is 6.21. The highest BCUT2D eigenvalue weighted by Gasteiger charge is 2.37. The first-order chi connectivity index (χ1) is 15.6. The zero-order valence-corrected chi connectivity index (χ0v) is 17.8. The number of oxime groups is 1. The van der Waals surface area contributed by atoms with Crippen LogP contribution in [-0.2, 0) is 25.7 Å². The molecule has 1 aliphatic rings. The second-order valence-electron chi connectivity index (χ2n) is 7.05. The first kappa shape index (κ1) is 24.0. The molecule has 0 aromatic carbocycles. The molecule has 1 aliphatic heterocycles. The molecule has 33 heavy (non-hydrogen) atoms. The number of carboxylic acid groups (broad SMARTS) is 1. The van der Waals surface area contributed by atoms with Gasteiger partial charge >= 0.3 is 13.1 Å². The normalized spacial score (nSPS) is 18.7. The number of nitrogens with zero attached hydrogens (tertiary/aromatic N) is 3. The van der Waals surface area contributed by atoms with E-state index in [4.69, 9.17) is 20.3 Å². The van der Waals surface area contributed by atoms with Gasteiger partial charge in [0.1, 0.15) is 11.4 Å². The van der Waals surface area contributed by atoms with Crippen LogP contribution in [0.3, 0.4) is 0 Å². The van der Waals surface area contributed by atoms with Gasteiger partial charge in [-0.3, -0.25) is 14.4 Å². The zero-order valence-electron chi connectivity index (χ0n) is 16.9. The predicted octanol–water partition coefficient (Wildman–Crippen LogP) is -1.09. The van der Waals surface area contributed by atoms with E-state index < -0.39 is 48.8 Å². The van der Waals surface area contributed by atoms with E-state index in [0.717, 1.165) is 23.6 Å². The summed E-state index contributed by atoms with van der Waals surface area (Å²) in [6.45, 7) is -0.436. The molecule has 1 amide bonds. The molecule has 1 saturated heterocycles. The fourth-order valence-corrected chi connectivity index (χ4v) is 3.57. The lowest BCUT2D eigenvalue weighted by molar-refractivity contribution is -0.139. The fourth-order valence-electron chi connectivity index (χ4n) is 3.02. The number of carbonyl (C=O) groups is 2. The molecule has 1 fully saturated rings. The Hall–Kier alpha value is -3.63. The first-order valence-electron chi connectivity index (χ1n) is 9.55. The molecule has 2 atom stereocenters. The van der Waals surface area contributed by atoms with Gasteiger partial charge in [0.15, 0.2) is 23.2 Å². The highest BCUT2D eigenvalue weighted by Crippen LogP contribution is 2.19.